The van der Waals surface area contributed by atoms with Crippen LogP contribution >= 0.6 is 0 Å². The first-order valence-electron chi connectivity index (χ1n) is 10.2. The predicted octanol–water partition coefficient (Wildman–Crippen LogP) is 4.18. The number of rotatable bonds is 9. The standard InChI is InChI=1S/C23H29FN4O3/c1-5-7-20(25)28(22(29)16(3)12-17(4)24)14-18-8-6-9-19(11-10-18)15(2)13-21-26-23(30)31-27-21/h8-12,17,25H,2,5-7,13-14H2,1,3-4H3,(H,26,27,30)/b16-12+,25-20?. The molecule has 1 atom stereocenters. The van der Waals surface area contributed by atoms with Crippen molar-refractivity contribution in [1.29, 1.82) is 5.41 Å². The van der Waals surface area contributed by atoms with Crippen LogP contribution in [0.15, 0.2) is 68.6 Å². The van der Waals surface area contributed by atoms with Crippen LogP contribution in [0.1, 0.15) is 45.9 Å². The van der Waals surface area contributed by atoms with Gasteiger partial charge in [0, 0.05) is 18.4 Å². The van der Waals surface area contributed by atoms with Crippen molar-refractivity contribution in [2.75, 3.05) is 6.54 Å². The second kappa shape index (κ2) is 11.2. The van der Waals surface area contributed by atoms with E-state index < -0.39 is 11.9 Å². The van der Waals surface area contributed by atoms with Gasteiger partial charge in [-0.2, -0.15) is 0 Å². The molecule has 1 aliphatic carbocycles. The van der Waals surface area contributed by atoms with Crippen LogP contribution in [-0.4, -0.2) is 39.5 Å². The van der Waals surface area contributed by atoms with Crippen molar-refractivity contribution in [3.05, 3.63) is 75.6 Å². The van der Waals surface area contributed by atoms with Crippen molar-refractivity contribution >= 4 is 11.7 Å². The van der Waals surface area contributed by atoms with Gasteiger partial charge in [0.1, 0.15) is 12.0 Å². The Hall–Kier alpha value is -3.29. The van der Waals surface area contributed by atoms with Crippen LogP contribution < -0.4 is 5.76 Å². The number of nitrogens with one attached hydrogen (secondary N) is 2. The van der Waals surface area contributed by atoms with E-state index in [9.17, 15) is 14.0 Å². The lowest BCUT2D eigenvalue weighted by atomic mass is 10.0. The molecule has 0 spiro atoms. The fourth-order valence-electron chi connectivity index (χ4n) is 3.16. The summed E-state index contributed by atoms with van der Waals surface area (Å²) in [5.74, 6) is -0.370. The van der Waals surface area contributed by atoms with Gasteiger partial charge in [-0.25, -0.2) is 9.18 Å². The summed E-state index contributed by atoms with van der Waals surface area (Å²) in [5, 5.41) is 12.0. The summed E-state index contributed by atoms with van der Waals surface area (Å²) in [5.41, 5.74) is 2.80. The predicted molar refractivity (Wildman–Crippen MR) is 119 cm³/mol. The lowest BCUT2D eigenvalue weighted by Gasteiger charge is -2.24. The van der Waals surface area contributed by atoms with E-state index in [-0.39, 0.29) is 23.9 Å². The van der Waals surface area contributed by atoms with Gasteiger partial charge in [0.2, 0.25) is 0 Å². The van der Waals surface area contributed by atoms with Crippen LogP contribution in [0.25, 0.3) is 0 Å². The first-order chi connectivity index (χ1) is 14.7. The summed E-state index contributed by atoms with van der Waals surface area (Å²) in [4.78, 5) is 27.8. The lowest BCUT2D eigenvalue weighted by molar-refractivity contribution is -0.123. The van der Waals surface area contributed by atoms with Crippen LogP contribution in [0.3, 0.4) is 0 Å². The largest absolute Gasteiger partial charge is 0.438 e. The van der Waals surface area contributed by atoms with Gasteiger partial charge in [-0.3, -0.25) is 24.6 Å². The van der Waals surface area contributed by atoms with E-state index >= 15 is 0 Å². The highest BCUT2D eigenvalue weighted by Gasteiger charge is 2.21. The van der Waals surface area contributed by atoms with Crippen LogP contribution in [0, 0.1) is 5.41 Å². The number of amides is 1. The van der Waals surface area contributed by atoms with Crippen LogP contribution in [0.2, 0.25) is 0 Å². The average Bonchev–Trinajstić information content (AvgIpc) is 2.97. The summed E-state index contributed by atoms with van der Waals surface area (Å²) >= 11 is 0. The third-order valence-corrected chi connectivity index (χ3v) is 4.68. The van der Waals surface area contributed by atoms with Gasteiger partial charge in [-0.05, 0) is 49.5 Å². The van der Waals surface area contributed by atoms with Gasteiger partial charge >= 0.3 is 5.76 Å². The molecule has 0 saturated heterocycles. The number of alkyl halides is 1. The summed E-state index contributed by atoms with van der Waals surface area (Å²) in [6.07, 6.45) is 9.91. The molecule has 0 bridgehead atoms. The number of amidine groups is 1. The molecule has 2 rings (SSSR count). The van der Waals surface area contributed by atoms with E-state index in [0.717, 1.165) is 23.1 Å². The average molecular weight is 429 g/mol. The van der Waals surface area contributed by atoms with E-state index in [2.05, 4.69) is 21.2 Å². The number of aromatic nitrogens is 2. The number of carbonyl (C=O) groups excluding carboxylic acids is 1. The maximum Gasteiger partial charge on any atom is 0.438 e. The molecule has 1 aromatic heterocycles. The van der Waals surface area contributed by atoms with Gasteiger partial charge in [0.05, 0.1) is 6.54 Å². The molecule has 1 aliphatic rings. The van der Waals surface area contributed by atoms with Crippen molar-refractivity contribution in [2.45, 2.75) is 52.6 Å². The molecule has 166 valence electrons. The van der Waals surface area contributed by atoms with Crippen molar-refractivity contribution in [2.24, 2.45) is 0 Å². The minimum absolute atomic E-state index is 0.206. The molecule has 0 aromatic carbocycles. The van der Waals surface area contributed by atoms with Crippen molar-refractivity contribution < 1.29 is 13.7 Å². The monoisotopic (exact) mass is 428 g/mol. The zero-order valence-electron chi connectivity index (χ0n) is 18.2. The molecule has 1 amide bonds. The zero-order chi connectivity index (χ0) is 23.0. The summed E-state index contributed by atoms with van der Waals surface area (Å²) in [6, 6.07) is 0. The lowest BCUT2D eigenvalue weighted by Crippen LogP contribution is -2.38. The molecule has 1 unspecified atom stereocenters. The minimum Gasteiger partial charge on any atom is -0.296 e. The minimum atomic E-state index is -1.24. The SMILES string of the molecule is C=C(Cc1noc(=O)[nH]1)C1=CCC=C(CN(C(=N)CCC)C(=O)/C(C)=C/C(C)F)C=C1. The zero-order valence-corrected chi connectivity index (χ0v) is 18.2. The molecule has 8 heteroatoms. The van der Waals surface area contributed by atoms with Crippen LogP contribution in [0.4, 0.5) is 4.39 Å². The van der Waals surface area contributed by atoms with Gasteiger partial charge in [-0.15, -0.1) is 0 Å². The van der Waals surface area contributed by atoms with E-state index in [1.165, 1.54) is 17.9 Å². The van der Waals surface area contributed by atoms with E-state index in [1.54, 1.807) is 6.92 Å². The Bertz CT molecular complexity index is 1010. The first-order valence-corrected chi connectivity index (χ1v) is 10.2. The smallest absolute Gasteiger partial charge is 0.296 e. The van der Waals surface area contributed by atoms with E-state index in [1.807, 2.05) is 31.2 Å². The van der Waals surface area contributed by atoms with Crippen molar-refractivity contribution in [3.63, 3.8) is 0 Å². The molecule has 1 heterocycles. The Kier molecular flexibility index (Phi) is 8.66. The van der Waals surface area contributed by atoms with Gasteiger partial charge in [-0.1, -0.05) is 43.0 Å². The number of aromatic amines is 1. The maximum atomic E-state index is 13.3. The number of carbonyl (C=O) groups is 1. The van der Waals surface area contributed by atoms with Crippen molar-refractivity contribution in [1.82, 2.24) is 15.0 Å². The molecule has 31 heavy (non-hydrogen) atoms. The highest BCUT2D eigenvalue weighted by atomic mass is 19.1. The molecule has 2 N–H and O–H groups in total. The Morgan fingerprint density at radius 3 is 2.81 bits per heavy atom. The molecule has 0 fully saturated rings. The van der Waals surface area contributed by atoms with Gasteiger partial charge < -0.3 is 0 Å². The van der Waals surface area contributed by atoms with Crippen LogP contribution in [0.5, 0.6) is 0 Å². The number of hydrogen-bond donors (Lipinski definition) is 2. The first kappa shape index (κ1) is 24.0. The highest BCUT2D eigenvalue weighted by molar-refractivity contribution is 6.05. The molecule has 0 saturated carbocycles. The Balaban J connectivity index is 2.13. The summed E-state index contributed by atoms with van der Waals surface area (Å²) < 4.78 is 17.9. The third kappa shape index (κ3) is 7.16. The second-order valence-electron chi connectivity index (χ2n) is 7.44. The van der Waals surface area contributed by atoms with Gasteiger partial charge in [0.15, 0.2) is 5.82 Å². The number of hydrogen-bond acceptors (Lipinski definition) is 5. The summed E-state index contributed by atoms with van der Waals surface area (Å²) in [6.45, 7) is 9.16. The quantitative estimate of drug-likeness (QED) is 0.350. The Morgan fingerprint density at radius 2 is 2.19 bits per heavy atom. The molecular formula is C23H29FN4O3. The van der Waals surface area contributed by atoms with Gasteiger partial charge in [0.25, 0.3) is 5.91 Å². The molecule has 1 aromatic rings. The number of nitrogens with zero attached hydrogens (tertiary/aromatic N) is 2. The molecule has 7 nitrogen and oxygen atoms in total. The molecule has 0 aliphatic heterocycles. The second-order valence-corrected chi connectivity index (χ2v) is 7.44. The topological polar surface area (TPSA) is 103 Å². The number of halogens is 1. The van der Waals surface area contributed by atoms with E-state index in [4.69, 9.17) is 5.41 Å². The van der Waals surface area contributed by atoms with E-state index in [0.29, 0.717) is 25.1 Å². The third-order valence-electron chi connectivity index (χ3n) is 4.68. The summed E-state index contributed by atoms with van der Waals surface area (Å²) in [7, 11) is 0. The fourth-order valence-corrected chi connectivity index (χ4v) is 3.16. The highest BCUT2D eigenvalue weighted by Crippen LogP contribution is 2.20. The molecular weight excluding hydrogens is 399 g/mol. The maximum absolute atomic E-state index is 13.3. The Morgan fingerprint density at radius 1 is 1.45 bits per heavy atom. The molecule has 0 radical (unpaired) electrons. The fraction of sp³-hybridized carbons (Fsp3) is 0.391. The number of H-pyrrole nitrogens is 1. The number of allylic oxidation sites excluding steroid dienone is 6. The Labute approximate surface area is 181 Å². The normalized spacial score (nSPS) is 15.0. The van der Waals surface area contributed by atoms with Crippen molar-refractivity contribution in [3.8, 4) is 0 Å². The van der Waals surface area contributed by atoms with Crippen LogP contribution in [-0.2, 0) is 11.2 Å².